The van der Waals surface area contributed by atoms with Crippen LogP contribution in [0.5, 0.6) is 0 Å². The number of anilines is 1. The Morgan fingerprint density at radius 2 is 1.76 bits per heavy atom. The molecule has 0 spiro atoms. The van der Waals surface area contributed by atoms with E-state index in [-0.39, 0.29) is 47.7 Å². The second-order valence-corrected chi connectivity index (χ2v) is 6.22. The molecule has 2 bridgehead atoms. The summed E-state index contributed by atoms with van der Waals surface area (Å²) in [4.78, 5) is 23.8. The molecule has 4 unspecified atom stereocenters. The van der Waals surface area contributed by atoms with E-state index in [0.29, 0.717) is 0 Å². The Kier molecular flexibility index (Phi) is 2.01. The molecule has 5 rings (SSSR count). The van der Waals surface area contributed by atoms with Crippen LogP contribution < -0.4 is 5.01 Å². The summed E-state index contributed by atoms with van der Waals surface area (Å²) in [6, 6.07) is 9.94. The Bertz CT molecular complexity index is 674. The quantitative estimate of drug-likeness (QED) is 0.579. The first kappa shape index (κ1) is 11.4. The molecule has 6 heteroatoms. The molecule has 1 saturated heterocycles. The van der Waals surface area contributed by atoms with Crippen molar-refractivity contribution in [1.82, 2.24) is 0 Å². The minimum atomic E-state index is -0.357. The number of benzene rings is 1. The number of carbonyl (C=O) groups excluding carboxylic acids is 2. The summed E-state index contributed by atoms with van der Waals surface area (Å²) in [5, 5.41) is 10.6. The van der Waals surface area contributed by atoms with E-state index in [9.17, 15) is 9.59 Å². The molecule has 21 heavy (non-hydrogen) atoms. The first-order valence-corrected chi connectivity index (χ1v) is 7.26. The molecule has 6 atom stereocenters. The number of rotatable bonds is 1. The standard InChI is InChI=1S/C15H13N3O3/c19-14-10-8-6-9(11(10)15(20)21-14)13-12(8)16-17-18(13)7-4-2-1-3-5-7/h1-5,8-13H,6H2/t8-,9+,10?,11?,12?,13?/m0/s1. The first-order valence-electron chi connectivity index (χ1n) is 7.26. The number of hydrogen-bond donors (Lipinski definition) is 0. The average Bonchev–Trinajstić information content (AvgIpc) is 3.21. The monoisotopic (exact) mass is 283 g/mol. The van der Waals surface area contributed by atoms with Crippen molar-refractivity contribution in [3.05, 3.63) is 30.3 Å². The molecular formula is C15H13N3O3. The lowest BCUT2D eigenvalue weighted by atomic mass is 9.76. The fourth-order valence-corrected chi connectivity index (χ4v) is 4.69. The van der Waals surface area contributed by atoms with Crippen LogP contribution in [0.4, 0.5) is 5.69 Å². The van der Waals surface area contributed by atoms with Crippen LogP contribution in [0, 0.1) is 23.7 Å². The third kappa shape index (κ3) is 1.28. The van der Waals surface area contributed by atoms with Crippen LogP contribution in [0.15, 0.2) is 40.7 Å². The number of nitrogens with zero attached hydrogens (tertiary/aromatic N) is 3. The van der Waals surface area contributed by atoms with Crippen molar-refractivity contribution in [1.29, 1.82) is 0 Å². The largest absolute Gasteiger partial charge is 0.393 e. The zero-order valence-corrected chi connectivity index (χ0v) is 11.1. The van der Waals surface area contributed by atoms with Crippen molar-refractivity contribution in [2.75, 3.05) is 5.01 Å². The second kappa shape index (κ2) is 3.69. The van der Waals surface area contributed by atoms with Crippen LogP contribution in [0.25, 0.3) is 0 Å². The normalized spacial score (nSPS) is 42.4. The summed E-state index contributed by atoms with van der Waals surface area (Å²) in [5.74, 6) is -1.09. The van der Waals surface area contributed by atoms with Crippen molar-refractivity contribution in [3.8, 4) is 0 Å². The maximum Gasteiger partial charge on any atom is 0.317 e. The van der Waals surface area contributed by atoms with Gasteiger partial charge in [-0.05, 0) is 30.4 Å². The Labute approximate surface area is 120 Å². The zero-order valence-electron chi connectivity index (χ0n) is 11.1. The van der Waals surface area contributed by atoms with E-state index >= 15 is 0 Å². The number of fused-ring (bicyclic) bond motifs is 8. The Morgan fingerprint density at radius 1 is 1.05 bits per heavy atom. The molecule has 0 radical (unpaired) electrons. The number of para-hydroxylation sites is 1. The predicted octanol–water partition coefficient (Wildman–Crippen LogP) is 1.58. The SMILES string of the molecule is O=C1OC(=O)C2C1[C@@H]1C[C@H]2C2C1N=NN2c1ccccc1. The molecular weight excluding hydrogens is 270 g/mol. The predicted molar refractivity (Wildman–Crippen MR) is 71.0 cm³/mol. The van der Waals surface area contributed by atoms with Crippen molar-refractivity contribution in [2.45, 2.75) is 18.5 Å². The van der Waals surface area contributed by atoms with Crippen LogP contribution in [-0.4, -0.2) is 24.0 Å². The van der Waals surface area contributed by atoms with Gasteiger partial charge in [-0.2, -0.15) is 5.11 Å². The Hall–Kier alpha value is -2.24. The van der Waals surface area contributed by atoms with Crippen molar-refractivity contribution < 1.29 is 14.3 Å². The van der Waals surface area contributed by atoms with Gasteiger partial charge < -0.3 is 4.74 Å². The summed E-state index contributed by atoms with van der Waals surface area (Å²) in [6.45, 7) is 0. The van der Waals surface area contributed by atoms with E-state index in [1.165, 1.54) is 0 Å². The third-order valence-corrected chi connectivity index (χ3v) is 5.41. The number of cyclic esters (lactones) is 2. The van der Waals surface area contributed by atoms with E-state index in [1.54, 1.807) is 0 Å². The summed E-state index contributed by atoms with van der Waals surface area (Å²) in [5.41, 5.74) is 0.982. The lowest BCUT2D eigenvalue weighted by Crippen LogP contribution is -2.47. The molecule has 106 valence electrons. The fraction of sp³-hybridized carbons (Fsp3) is 0.467. The maximum atomic E-state index is 12.0. The number of carbonyl (C=O) groups is 2. The smallest absolute Gasteiger partial charge is 0.317 e. The molecule has 1 aromatic carbocycles. The van der Waals surface area contributed by atoms with Crippen molar-refractivity contribution in [2.24, 2.45) is 34.0 Å². The molecule has 0 N–H and O–H groups in total. The molecule has 2 heterocycles. The Morgan fingerprint density at radius 3 is 2.52 bits per heavy atom. The summed E-state index contributed by atoms with van der Waals surface area (Å²) >= 11 is 0. The van der Waals surface area contributed by atoms with Crippen LogP contribution in [-0.2, 0) is 14.3 Å². The molecule has 4 aliphatic rings. The molecule has 0 aromatic heterocycles. The van der Waals surface area contributed by atoms with E-state index < -0.39 is 0 Å². The minimum absolute atomic E-state index is 0.00917. The van der Waals surface area contributed by atoms with Gasteiger partial charge in [0.25, 0.3) is 0 Å². The molecule has 2 saturated carbocycles. The van der Waals surface area contributed by atoms with Gasteiger partial charge in [0.15, 0.2) is 0 Å². The van der Waals surface area contributed by atoms with Gasteiger partial charge in [-0.15, -0.1) is 0 Å². The average molecular weight is 283 g/mol. The molecule has 2 aliphatic carbocycles. The summed E-state index contributed by atoms with van der Waals surface area (Å²) < 4.78 is 4.85. The lowest BCUT2D eigenvalue weighted by Gasteiger charge is -2.32. The molecule has 3 fully saturated rings. The highest BCUT2D eigenvalue weighted by atomic mass is 16.6. The van der Waals surface area contributed by atoms with Gasteiger partial charge in [0.05, 0.1) is 29.6 Å². The van der Waals surface area contributed by atoms with E-state index in [1.807, 2.05) is 35.3 Å². The number of esters is 2. The number of ether oxygens (including phenoxy) is 1. The molecule has 2 aliphatic heterocycles. The van der Waals surface area contributed by atoms with Crippen LogP contribution >= 0.6 is 0 Å². The van der Waals surface area contributed by atoms with Crippen LogP contribution in [0.1, 0.15) is 6.42 Å². The third-order valence-electron chi connectivity index (χ3n) is 5.41. The topological polar surface area (TPSA) is 71.3 Å². The maximum absolute atomic E-state index is 12.0. The van der Waals surface area contributed by atoms with Crippen LogP contribution in [0.3, 0.4) is 0 Å². The second-order valence-electron chi connectivity index (χ2n) is 6.22. The van der Waals surface area contributed by atoms with Crippen molar-refractivity contribution in [3.63, 3.8) is 0 Å². The molecule has 6 nitrogen and oxygen atoms in total. The van der Waals surface area contributed by atoms with Crippen LogP contribution in [0.2, 0.25) is 0 Å². The van der Waals surface area contributed by atoms with Gasteiger partial charge in [0.2, 0.25) is 0 Å². The lowest BCUT2D eigenvalue weighted by molar-refractivity contribution is -0.154. The van der Waals surface area contributed by atoms with E-state index in [4.69, 9.17) is 4.74 Å². The summed E-state index contributed by atoms with van der Waals surface area (Å²) in [6.07, 6.45) is 0.869. The Balaban J connectivity index is 1.54. The van der Waals surface area contributed by atoms with Gasteiger partial charge in [0.1, 0.15) is 0 Å². The van der Waals surface area contributed by atoms with Gasteiger partial charge in [-0.25, -0.2) is 5.01 Å². The van der Waals surface area contributed by atoms with Gasteiger partial charge >= 0.3 is 11.9 Å². The number of hydrogen-bond acceptors (Lipinski definition) is 6. The molecule has 0 amide bonds. The highest BCUT2D eigenvalue weighted by molar-refractivity contribution is 5.98. The summed E-state index contributed by atoms with van der Waals surface area (Å²) in [7, 11) is 0. The van der Waals surface area contributed by atoms with E-state index in [0.717, 1.165) is 12.1 Å². The fourth-order valence-electron chi connectivity index (χ4n) is 4.69. The first-order chi connectivity index (χ1) is 10.3. The van der Waals surface area contributed by atoms with Gasteiger partial charge in [-0.1, -0.05) is 23.4 Å². The molecule has 1 aromatic rings. The zero-order chi connectivity index (χ0) is 14.1. The highest BCUT2D eigenvalue weighted by Gasteiger charge is 2.69. The van der Waals surface area contributed by atoms with Gasteiger partial charge in [-0.3, -0.25) is 9.59 Å². The van der Waals surface area contributed by atoms with E-state index in [2.05, 4.69) is 10.3 Å². The van der Waals surface area contributed by atoms with Gasteiger partial charge in [0, 0.05) is 0 Å². The highest BCUT2D eigenvalue weighted by Crippen LogP contribution is 2.59. The van der Waals surface area contributed by atoms with Crippen molar-refractivity contribution >= 4 is 17.6 Å². The minimum Gasteiger partial charge on any atom is -0.393 e.